The second-order valence-electron chi connectivity index (χ2n) is 5.73. The molecule has 2 amide bonds. The van der Waals surface area contributed by atoms with Crippen molar-refractivity contribution in [3.8, 4) is 0 Å². The Balaban J connectivity index is 2.03. The fraction of sp³-hybridized carbons (Fsp3) is 0.562. The second-order valence-corrected chi connectivity index (χ2v) is 5.73. The summed E-state index contributed by atoms with van der Waals surface area (Å²) in [6.07, 6.45) is -2.30. The van der Waals surface area contributed by atoms with E-state index in [-0.39, 0.29) is 29.9 Å². The Hall–Kier alpha value is -1.76. The van der Waals surface area contributed by atoms with Crippen molar-refractivity contribution in [2.24, 2.45) is 0 Å². The van der Waals surface area contributed by atoms with Crippen LogP contribution in [0, 0.1) is 0 Å². The van der Waals surface area contributed by atoms with E-state index in [0.717, 1.165) is 12.8 Å². The summed E-state index contributed by atoms with van der Waals surface area (Å²) >= 11 is 0. The predicted octanol–water partition coefficient (Wildman–Crippen LogP) is 3.56. The first-order valence-corrected chi connectivity index (χ1v) is 7.74. The number of rotatable bonds is 7. The number of urea groups is 1. The number of unbranched alkanes of at least 4 members (excludes halogenated alkanes) is 1. The van der Waals surface area contributed by atoms with Gasteiger partial charge in [-0.3, -0.25) is 0 Å². The van der Waals surface area contributed by atoms with Crippen LogP contribution in [0.25, 0.3) is 0 Å². The fourth-order valence-electron chi connectivity index (χ4n) is 2.43. The first kappa shape index (κ1) is 17.6. The van der Waals surface area contributed by atoms with Gasteiger partial charge in [-0.1, -0.05) is 18.2 Å². The number of hydrogen-bond acceptors (Lipinski definition) is 2. The number of nitrogens with zero attached hydrogens (tertiary/aromatic N) is 1. The molecule has 0 atom stereocenters. The van der Waals surface area contributed by atoms with E-state index >= 15 is 0 Å². The largest absolute Gasteiger partial charge is 0.396 e. The molecule has 0 heterocycles. The Labute approximate surface area is 133 Å². The Morgan fingerprint density at radius 2 is 1.96 bits per heavy atom. The molecule has 0 radical (unpaired) electrons. The quantitative estimate of drug-likeness (QED) is 0.751. The highest BCUT2D eigenvalue weighted by atomic mass is 19.4. The number of alkyl halides is 3. The number of carbonyl (C=O) groups excluding carboxylic acids is 1. The molecule has 128 valence electrons. The lowest BCUT2D eigenvalue weighted by atomic mass is 10.1. The van der Waals surface area contributed by atoms with Gasteiger partial charge in [0.1, 0.15) is 0 Å². The van der Waals surface area contributed by atoms with Crippen LogP contribution in [0.2, 0.25) is 0 Å². The number of carbonyl (C=O) groups is 1. The van der Waals surface area contributed by atoms with Gasteiger partial charge in [-0.05, 0) is 37.3 Å². The molecule has 0 spiro atoms. The van der Waals surface area contributed by atoms with Crippen LogP contribution in [0.1, 0.15) is 31.2 Å². The molecule has 2 N–H and O–H groups in total. The summed E-state index contributed by atoms with van der Waals surface area (Å²) in [6.45, 7) is 0.563. The lowest BCUT2D eigenvalue weighted by molar-refractivity contribution is -0.127. The summed E-state index contributed by atoms with van der Waals surface area (Å²) in [5, 5.41) is 11.4. The standard InChI is InChI=1S/C16H21F3N2O2/c17-16(18,19)11-12-5-1-2-6-14(12)20-15(23)21(13-7-8-13)9-3-4-10-22/h1-2,5-6,13,22H,3-4,7-11H2,(H,20,23). The lowest BCUT2D eigenvalue weighted by Crippen LogP contribution is -2.37. The summed E-state index contributed by atoms with van der Waals surface area (Å²) in [7, 11) is 0. The summed E-state index contributed by atoms with van der Waals surface area (Å²) in [5.74, 6) is 0. The number of nitrogens with one attached hydrogen (secondary N) is 1. The average molecular weight is 330 g/mol. The van der Waals surface area contributed by atoms with Crippen LogP contribution in [0.3, 0.4) is 0 Å². The number of hydrogen-bond donors (Lipinski definition) is 2. The van der Waals surface area contributed by atoms with Gasteiger partial charge in [0.2, 0.25) is 0 Å². The first-order valence-electron chi connectivity index (χ1n) is 7.74. The fourth-order valence-corrected chi connectivity index (χ4v) is 2.43. The third-order valence-electron chi connectivity index (χ3n) is 3.71. The Bertz CT molecular complexity index is 530. The number of aliphatic hydroxyl groups is 1. The molecule has 1 aromatic rings. The van der Waals surface area contributed by atoms with Crippen LogP contribution in [0.15, 0.2) is 24.3 Å². The molecule has 2 rings (SSSR count). The monoisotopic (exact) mass is 330 g/mol. The summed E-state index contributed by atoms with van der Waals surface area (Å²) < 4.78 is 37.8. The van der Waals surface area contributed by atoms with Crippen LogP contribution < -0.4 is 5.32 Å². The minimum atomic E-state index is -4.32. The third kappa shape index (κ3) is 5.74. The van der Waals surface area contributed by atoms with Crippen molar-refractivity contribution in [3.63, 3.8) is 0 Å². The minimum absolute atomic E-state index is 0.0551. The molecule has 1 saturated carbocycles. The molecule has 0 bridgehead atoms. The molecule has 0 aromatic heterocycles. The summed E-state index contributed by atoms with van der Waals surface area (Å²) in [5.41, 5.74) is 0.252. The molecule has 23 heavy (non-hydrogen) atoms. The molecule has 0 unspecified atom stereocenters. The van der Waals surface area contributed by atoms with Crippen LogP contribution in [-0.4, -0.2) is 41.4 Å². The Kier molecular flexibility index (Phi) is 5.87. The van der Waals surface area contributed by atoms with Crippen molar-refractivity contribution in [1.82, 2.24) is 4.90 Å². The maximum Gasteiger partial charge on any atom is 0.393 e. The van der Waals surface area contributed by atoms with Gasteiger partial charge in [-0.2, -0.15) is 13.2 Å². The number of amides is 2. The summed E-state index contributed by atoms with van der Waals surface area (Å²) in [6, 6.07) is 5.76. The smallest absolute Gasteiger partial charge is 0.393 e. The topological polar surface area (TPSA) is 52.6 Å². The highest BCUT2D eigenvalue weighted by molar-refractivity contribution is 5.90. The highest BCUT2D eigenvalue weighted by Gasteiger charge is 2.33. The van der Waals surface area contributed by atoms with Crippen molar-refractivity contribution in [2.45, 2.75) is 44.3 Å². The van der Waals surface area contributed by atoms with Crippen molar-refractivity contribution in [2.75, 3.05) is 18.5 Å². The zero-order valence-electron chi connectivity index (χ0n) is 12.8. The van der Waals surface area contributed by atoms with Gasteiger partial charge in [-0.25, -0.2) is 4.79 Å². The summed E-state index contributed by atoms with van der Waals surface area (Å²) in [4.78, 5) is 14.0. The van der Waals surface area contributed by atoms with Gasteiger partial charge in [-0.15, -0.1) is 0 Å². The molecule has 0 aliphatic heterocycles. The number of benzene rings is 1. The van der Waals surface area contributed by atoms with E-state index in [2.05, 4.69) is 5.32 Å². The molecular formula is C16H21F3N2O2. The Morgan fingerprint density at radius 1 is 1.26 bits per heavy atom. The predicted molar refractivity (Wildman–Crippen MR) is 81.3 cm³/mol. The zero-order chi connectivity index (χ0) is 16.9. The van der Waals surface area contributed by atoms with Gasteiger partial charge in [0.05, 0.1) is 6.42 Å². The van der Waals surface area contributed by atoms with Crippen molar-refractivity contribution in [1.29, 1.82) is 0 Å². The molecule has 1 aliphatic rings. The maximum atomic E-state index is 12.6. The second kappa shape index (κ2) is 7.68. The van der Waals surface area contributed by atoms with E-state index in [9.17, 15) is 18.0 Å². The highest BCUT2D eigenvalue weighted by Crippen LogP contribution is 2.29. The minimum Gasteiger partial charge on any atom is -0.396 e. The van der Waals surface area contributed by atoms with Gasteiger partial charge in [0.15, 0.2) is 0 Å². The molecule has 4 nitrogen and oxygen atoms in total. The normalized spacial score (nSPS) is 14.6. The molecule has 1 fully saturated rings. The van der Waals surface area contributed by atoms with Gasteiger partial charge >= 0.3 is 12.2 Å². The van der Waals surface area contributed by atoms with Crippen molar-refractivity contribution < 1.29 is 23.1 Å². The van der Waals surface area contributed by atoms with E-state index in [0.29, 0.717) is 19.4 Å². The number of para-hydroxylation sites is 1. The van der Waals surface area contributed by atoms with Crippen LogP contribution in [-0.2, 0) is 6.42 Å². The van der Waals surface area contributed by atoms with E-state index in [4.69, 9.17) is 5.11 Å². The van der Waals surface area contributed by atoms with E-state index in [1.807, 2.05) is 0 Å². The van der Waals surface area contributed by atoms with Gasteiger partial charge in [0.25, 0.3) is 0 Å². The van der Waals surface area contributed by atoms with Crippen molar-refractivity contribution in [3.05, 3.63) is 29.8 Å². The maximum absolute atomic E-state index is 12.6. The molecule has 1 aliphatic carbocycles. The molecule has 1 aromatic carbocycles. The van der Waals surface area contributed by atoms with E-state index < -0.39 is 12.6 Å². The number of halogens is 3. The zero-order valence-corrected chi connectivity index (χ0v) is 12.8. The molecule has 7 heteroatoms. The molecular weight excluding hydrogens is 309 g/mol. The van der Waals surface area contributed by atoms with Crippen LogP contribution in [0.5, 0.6) is 0 Å². The lowest BCUT2D eigenvalue weighted by Gasteiger charge is -2.23. The SMILES string of the molecule is O=C(Nc1ccccc1CC(F)(F)F)N(CCCCO)C1CC1. The van der Waals surface area contributed by atoms with Gasteiger partial charge < -0.3 is 15.3 Å². The van der Waals surface area contributed by atoms with Crippen LogP contribution >= 0.6 is 0 Å². The average Bonchev–Trinajstić information content (AvgIpc) is 3.28. The van der Waals surface area contributed by atoms with E-state index in [1.54, 1.807) is 11.0 Å². The Morgan fingerprint density at radius 3 is 2.57 bits per heavy atom. The van der Waals surface area contributed by atoms with Gasteiger partial charge in [0, 0.05) is 24.9 Å². The first-order chi connectivity index (χ1) is 10.9. The van der Waals surface area contributed by atoms with E-state index in [1.165, 1.54) is 18.2 Å². The van der Waals surface area contributed by atoms with Crippen molar-refractivity contribution >= 4 is 11.7 Å². The number of anilines is 1. The third-order valence-corrected chi connectivity index (χ3v) is 3.71. The molecule has 0 saturated heterocycles. The number of aliphatic hydroxyl groups excluding tert-OH is 1. The van der Waals surface area contributed by atoms with Crippen LogP contribution in [0.4, 0.5) is 23.7 Å².